The predicted molar refractivity (Wildman–Crippen MR) is 141 cm³/mol. The van der Waals surface area contributed by atoms with Gasteiger partial charge in [-0.3, -0.25) is 9.69 Å². The van der Waals surface area contributed by atoms with Crippen molar-refractivity contribution in [3.8, 4) is 5.75 Å². The molecule has 7 heteroatoms. The van der Waals surface area contributed by atoms with Crippen LogP contribution in [0.3, 0.4) is 0 Å². The van der Waals surface area contributed by atoms with Gasteiger partial charge in [-0.05, 0) is 62.3 Å². The van der Waals surface area contributed by atoms with E-state index in [9.17, 15) is 4.79 Å². The van der Waals surface area contributed by atoms with E-state index in [1.165, 1.54) is 5.56 Å². The minimum atomic E-state index is 0.0557. The van der Waals surface area contributed by atoms with Crippen molar-refractivity contribution in [2.45, 2.75) is 25.9 Å². The van der Waals surface area contributed by atoms with Gasteiger partial charge in [0.25, 0.3) is 0 Å². The summed E-state index contributed by atoms with van der Waals surface area (Å²) in [7, 11) is 1.68. The van der Waals surface area contributed by atoms with Crippen molar-refractivity contribution in [2.75, 3.05) is 59.5 Å². The highest BCUT2D eigenvalue weighted by Crippen LogP contribution is 2.16. The fourth-order valence-electron chi connectivity index (χ4n) is 4.74. The number of nitrogens with zero attached hydrogens (tertiary/aromatic N) is 3. The number of para-hydroxylation sites is 1. The van der Waals surface area contributed by atoms with E-state index in [0.29, 0.717) is 23.1 Å². The molecule has 0 amide bonds. The van der Waals surface area contributed by atoms with E-state index in [-0.39, 0.29) is 5.43 Å². The van der Waals surface area contributed by atoms with E-state index < -0.39 is 0 Å². The van der Waals surface area contributed by atoms with Gasteiger partial charge in [0.2, 0.25) is 0 Å². The molecule has 7 nitrogen and oxygen atoms in total. The lowest BCUT2D eigenvalue weighted by atomic mass is 10.1. The van der Waals surface area contributed by atoms with Crippen LogP contribution in [0.1, 0.15) is 24.0 Å². The Labute approximate surface area is 208 Å². The van der Waals surface area contributed by atoms with Crippen LogP contribution in [0.15, 0.2) is 64.0 Å². The van der Waals surface area contributed by atoms with E-state index in [2.05, 4.69) is 26.8 Å². The third-order valence-corrected chi connectivity index (χ3v) is 6.80. The third kappa shape index (κ3) is 7.15. The van der Waals surface area contributed by atoms with Crippen LogP contribution in [0, 0.1) is 0 Å². The number of methoxy groups -OCH3 is 1. The average molecular weight is 479 g/mol. The van der Waals surface area contributed by atoms with Crippen molar-refractivity contribution in [2.24, 2.45) is 5.73 Å². The SMILES string of the molecule is COc1ccc(CN(CCCN2CCN(CCCN)CC2)Cc2coc3ccccc3c2=O)cc1. The van der Waals surface area contributed by atoms with Gasteiger partial charge in [0.1, 0.15) is 11.3 Å². The quantitative estimate of drug-likeness (QED) is 0.429. The Kier molecular flexibility index (Phi) is 9.31. The number of hydrogen-bond acceptors (Lipinski definition) is 7. The zero-order valence-corrected chi connectivity index (χ0v) is 20.8. The number of ether oxygens (including phenoxy) is 1. The minimum Gasteiger partial charge on any atom is -0.497 e. The highest BCUT2D eigenvalue weighted by atomic mass is 16.5. The fraction of sp³-hybridized carbons (Fsp3) is 0.464. The van der Waals surface area contributed by atoms with E-state index in [1.54, 1.807) is 13.4 Å². The first-order chi connectivity index (χ1) is 17.2. The molecule has 35 heavy (non-hydrogen) atoms. The predicted octanol–water partition coefficient (Wildman–Crippen LogP) is 3.16. The normalized spacial score (nSPS) is 15.2. The molecule has 1 aromatic heterocycles. The Balaban J connectivity index is 1.39. The second-order valence-corrected chi connectivity index (χ2v) is 9.32. The van der Waals surface area contributed by atoms with Crippen LogP contribution in [-0.4, -0.2) is 74.2 Å². The molecule has 2 heterocycles. The van der Waals surface area contributed by atoms with Crippen molar-refractivity contribution in [3.63, 3.8) is 0 Å². The van der Waals surface area contributed by atoms with Gasteiger partial charge >= 0.3 is 0 Å². The molecular weight excluding hydrogens is 440 g/mol. The molecule has 1 fully saturated rings. The summed E-state index contributed by atoms with van der Waals surface area (Å²) in [6, 6.07) is 15.6. The van der Waals surface area contributed by atoms with Crippen LogP contribution in [-0.2, 0) is 13.1 Å². The fourth-order valence-corrected chi connectivity index (χ4v) is 4.74. The molecule has 0 aliphatic carbocycles. The molecule has 3 aromatic rings. The van der Waals surface area contributed by atoms with Gasteiger partial charge in [-0.2, -0.15) is 0 Å². The van der Waals surface area contributed by atoms with E-state index in [0.717, 1.165) is 77.5 Å². The number of benzene rings is 2. The standard InChI is InChI=1S/C28H38N4O3/c1-34-25-10-8-23(9-11-25)20-32(15-5-14-31-18-16-30(17-19-31)13-4-12-29)21-24-22-35-27-7-3-2-6-26(27)28(24)33/h2-3,6-11,22H,4-5,12-21,29H2,1H3. The van der Waals surface area contributed by atoms with Gasteiger partial charge in [-0.25, -0.2) is 0 Å². The molecular formula is C28H38N4O3. The largest absolute Gasteiger partial charge is 0.497 e. The van der Waals surface area contributed by atoms with Crippen molar-refractivity contribution >= 4 is 11.0 Å². The maximum Gasteiger partial charge on any atom is 0.197 e. The summed E-state index contributed by atoms with van der Waals surface area (Å²) in [6.45, 7) is 9.63. The van der Waals surface area contributed by atoms with Crippen LogP contribution in [0.2, 0.25) is 0 Å². The second-order valence-electron chi connectivity index (χ2n) is 9.32. The molecule has 1 aliphatic rings. The molecule has 0 spiro atoms. The second kappa shape index (κ2) is 12.8. The monoisotopic (exact) mass is 478 g/mol. The van der Waals surface area contributed by atoms with Crippen molar-refractivity contribution in [1.29, 1.82) is 0 Å². The Hall–Kier alpha value is -2.71. The number of piperazine rings is 1. The molecule has 1 aliphatic heterocycles. The van der Waals surface area contributed by atoms with Crippen LogP contribution in [0.4, 0.5) is 0 Å². The molecule has 0 saturated carbocycles. The van der Waals surface area contributed by atoms with Crippen LogP contribution in [0.5, 0.6) is 5.75 Å². The number of fused-ring (bicyclic) bond motifs is 1. The lowest BCUT2D eigenvalue weighted by Crippen LogP contribution is -2.47. The Morgan fingerprint density at radius 2 is 1.63 bits per heavy atom. The molecule has 2 N–H and O–H groups in total. The topological polar surface area (TPSA) is 75.2 Å². The molecule has 188 valence electrons. The van der Waals surface area contributed by atoms with E-state index in [1.807, 2.05) is 36.4 Å². The Bertz CT molecular complexity index is 1110. The molecule has 0 unspecified atom stereocenters. The minimum absolute atomic E-state index is 0.0557. The lowest BCUT2D eigenvalue weighted by Gasteiger charge is -2.35. The zero-order valence-electron chi connectivity index (χ0n) is 20.8. The van der Waals surface area contributed by atoms with Gasteiger partial charge in [0.15, 0.2) is 5.43 Å². The summed E-state index contributed by atoms with van der Waals surface area (Å²) in [6.07, 6.45) is 3.76. The number of nitrogens with two attached hydrogens (primary N) is 1. The Morgan fingerprint density at radius 1 is 0.943 bits per heavy atom. The van der Waals surface area contributed by atoms with Crippen LogP contribution in [0.25, 0.3) is 11.0 Å². The summed E-state index contributed by atoms with van der Waals surface area (Å²) in [5.41, 5.74) is 8.24. The van der Waals surface area contributed by atoms with Gasteiger partial charge in [-0.15, -0.1) is 0 Å². The van der Waals surface area contributed by atoms with E-state index >= 15 is 0 Å². The van der Waals surface area contributed by atoms with Gasteiger partial charge in [0.05, 0.1) is 18.8 Å². The van der Waals surface area contributed by atoms with Gasteiger partial charge in [0, 0.05) is 51.4 Å². The summed E-state index contributed by atoms with van der Waals surface area (Å²) >= 11 is 0. The van der Waals surface area contributed by atoms with Gasteiger partial charge < -0.3 is 24.7 Å². The molecule has 1 saturated heterocycles. The molecule has 0 atom stereocenters. The van der Waals surface area contributed by atoms with Gasteiger partial charge in [-0.1, -0.05) is 24.3 Å². The first kappa shape index (κ1) is 25.4. The van der Waals surface area contributed by atoms with E-state index in [4.69, 9.17) is 14.9 Å². The Morgan fingerprint density at radius 3 is 2.31 bits per heavy atom. The maximum atomic E-state index is 13.1. The van der Waals surface area contributed by atoms with Crippen LogP contribution < -0.4 is 15.9 Å². The molecule has 0 radical (unpaired) electrons. The molecule has 4 rings (SSSR count). The summed E-state index contributed by atoms with van der Waals surface area (Å²) in [5, 5.41) is 0.641. The summed E-state index contributed by atoms with van der Waals surface area (Å²) < 4.78 is 11.1. The van der Waals surface area contributed by atoms with Crippen molar-refractivity contribution in [1.82, 2.24) is 14.7 Å². The highest BCUT2D eigenvalue weighted by Gasteiger charge is 2.17. The highest BCUT2D eigenvalue weighted by molar-refractivity contribution is 5.76. The number of rotatable bonds is 12. The smallest absolute Gasteiger partial charge is 0.197 e. The number of hydrogen-bond donors (Lipinski definition) is 1. The third-order valence-electron chi connectivity index (χ3n) is 6.80. The summed E-state index contributed by atoms with van der Waals surface area (Å²) in [5.74, 6) is 0.848. The molecule has 0 bridgehead atoms. The van der Waals surface area contributed by atoms with Crippen LogP contribution >= 0.6 is 0 Å². The lowest BCUT2D eigenvalue weighted by molar-refractivity contribution is 0.125. The molecule has 2 aromatic carbocycles. The maximum absolute atomic E-state index is 13.1. The summed E-state index contributed by atoms with van der Waals surface area (Å²) in [4.78, 5) is 20.5. The van der Waals surface area contributed by atoms with Crippen molar-refractivity contribution in [3.05, 3.63) is 76.1 Å². The van der Waals surface area contributed by atoms with Crippen molar-refractivity contribution < 1.29 is 9.15 Å². The first-order valence-corrected chi connectivity index (χ1v) is 12.7. The zero-order chi connectivity index (χ0) is 24.5. The first-order valence-electron chi connectivity index (χ1n) is 12.7. The average Bonchev–Trinajstić information content (AvgIpc) is 2.90.